The number of rotatable bonds is 2. The van der Waals surface area contributed by atoms with Crippen molar-refractivity contribution < 1.29 is 9.90 Å². The maximum atomic E-state index is 12.2. The van der Waals surface area contributed by atoms with Crippen molar-refractivity contribution in [1.29, 1.82) is 0 Å². The zero-order chi connectivity index (χ0) is 12.3. The molecule has 2 rings (SSSR count). The van der Waals surface area contributed by atoms with Crippen LogP contribution in [0.4, 0.5) is 5.69 Å². The van der Waals surface area contributed by atoms with Crippen LogP contribution in [0.25, 0.3) is 0 Å². The lowest BCUT2D eigenvalue weighted by Gasteiger charge is -2.23. The first kappa shape index (κ1) is 12.1. The fourth-order valence-electron chi connectivity index (χ4n) is 2.11. The molecule has 1 aromatic carbocycles. The number of aliphatic hydroxyl groups excluding tert-OH is 1. The van der Waals surface area contributed by atoms with E-state index in [1.807, 2.05) is 37.3 Å². The SMILES string of the molecule is CC1CCN(c2ccccc2)C(=O)C(CO)N1. The summed E-state index contributed by atoms with van der Waals surface area (Å²) in [5.41, 5.74) is 0.895. The van der Waals surface area contributed by atoms with Gasteiger partial charge in [-0.15, -0.1) is 0 Å². The van der Waals surface area contributed by atoms with E-state index in [1.165, 1.54) is 0 Å². The van der Waals surface area contributed by atoms with E-state index < -0.39 is 6.04 Å². The van der Waals surface area contributed by atoms with Crippen LogP contribution in [0.15, 0.2) is 30.3 Å². The molecule has 2 atom stereocenters. The summed E-state index contributed by atoms with van der Waals surface area (Å²) >= 11 is 0. The molecule has 4 nitrogen and oxygen atoms in total. The fourth-order valence-corrected chi connectivity index (χ4v) is 2.11. The monoisotopic (exact) mass is 234 g/mol. The third-order valence-electron chi connectivity index (χ3n) is 3.09. The minimum Gasteiger partial charge on any atom is -0.394 e. The molecule has 1 aliphatic heterocycles. The number of para-hydroxylation sites is 1. The van der Waals surface area contributed by atoms with E-state index in [0.29, 0.717) is 6.54 Å². The van der Waals surface area contributed by atoms with E-state index in [4.69, 9.17) is 0 Å². The van der Waals surface area contributed by atoms with Gasteiger partial charge in [-0.2, -0.15) is 0 Å². The van der Waals surface area contributed by atoms with Gasteiger partial charge in [-0.1, -0.05) is 18.2 Å². The lowest BCUT2D eigenvalue weighted by molar-refractivity contribution is -0.121. The Morgan fingerprint density at radius 3 is 2.76 bits per heavy atom. The van der Waals surface area contributed by atoms with E-state index in [0.717, 1.165) is 12.1 Å². The predicted molar refractivity (Wildman–Crippen MR) is 66.9 cm³/mol. The molecule has 17 heavy (non-hydrogen) atoms. The van der Waals surface area contributed by atoms with Crippen molar-refractivity contribution in [2.24, 2.45) is 0 Å². The second kappa shape index (κ2) is 5.29. The van der Waals surface area contributed by atoms with Crippen molar-refractivity contribution in [2.45, 2.75) is 25.4 Å². The van der Waals surface area contributed by atoms with Gasteiger partial charge < -0.3 is 15.3 Å². The van der Waals surface area contributed by atoms with Crippen molar-refractivity contribution in [3.8, 4) is 0 Å². The third kappa shape index (κ3) is 2.65. The number of anilines is 1. The van der Waals surface area contributed by atoms with Gasteiger partial charge in [0.2, 0.25) is 5.91 Å². The Labute approximate surface area is 101 Å². The molecule has 0 saturated carbocycles. The van der Waals surface area contributed by atoms with E-state index in [9.17, 15) is 9.90 Å². The minimum absolute atomic E-state index is 0.0527. The molecule has 0 spiro atoms. The molecule has 0 aliphatic carbocycles. The average Bonchev–Trinajstić information content (AvgIpc) is 2.50. The van der Waals surface area contributed by atoms with Crippen molar-refractivity contribution in [3.05, 3.63) is 30.3 Å². The Balaban J connectivity index is 2.24. The number of aliphatic hydroxyl groups is 1. The van der Waals surface area contributed by atoms with Crippen LogP contribution < -0.4 is 10.2 Å². The normalized spacial score (nSPS) is 25.8. The molecule has 1 heterocycles. The first-order valence-corrected chi connectivity index (χ1v) is 5.95. The van der Waals surface area contributed by atoms with E-state index in [1.54, 1.807) is 4.90 Å². The number of benzene rings is 1. The van der Waals surface area contributed by atoms with Gasteiger partial charge >= 0.3 is 0 Å². The number of nitrogens with one attached hydrogen (secondary N) is 1. The second-order valence-electron chi connectivity index (χ2n) is 4.42. The van der Waals surface area contributed by atoms with Crippen LogP contribution in [0.1, 0.15) is 13.3 Å². The fraction of sp³-hybridized carbons (Fsp3) is 0.462. The Kier molecular flexibility index (Phi) is 3.76. The molecule has 92 valence electrons. The molecule has 4 heteroatoms. The molecule has 0 radical (unpaired) electrons. The lowest BCUT2D eigenvalue weighted by Crippen LogP contribution is -2.47. The topological polar surface area (TPSA) is 52.6 Å². The van der Waals surface area contributed by atoms with Gasteiger partial charge in [-0.25, -0.2) is 0 Å². The number of carbonyl (C=O) groups excluding carboxylic acids is 1. The van der Waals surface area contributed by atoms with Gasteiger partial charge in [-0.3, -0.25) is 4.79 Å². The summed E-state index contributed by atoms with van der Waals surface area (Å²) in [7, 11) is 0. The summed E-state index contributed by atoms with van der Waals surface area (Å²) in [6.07, 6.45) is 0.886. The number of nitrogens with zero attached hydrogens (tertiary/aromatic N) is 1. The van der Waals surface area contributed by atoms with Crippen LogP contribution in [-0.4, -0.2) is 36.2 Å². The Bertz CT molecular complexity index is 380. The quantitative estimate of drug-likeness (QED) is 0.794. The molecule has 2 N–H and O–H groups in total. The van der Waals surface area contributed by atoms with Crippen LogP contribution in [0.2, 0.25) is 0 Å². The smallest absolute Gasteiger partial charge is 0.246 e. The van der Waals surface area contributed by atoms with Gasteiger partial charge in [-0.05, 0) is 25.5 Å². The first-order chi connectivity index (χ1) is 8.22. The third-order valence-corrected chi connectivity index (χ3v) is 3.09. The zero-order valence-electron chi connectivity index (χ0n) is 9.97. The van der Waals surface area contributed by atoms with Crippen LogP contribution >= 0.6 is 0 Å². The first-order valence-electron chi connectivity index (χ1n) is 5.95. The van der Waals surface area contributed by atoms with Crippen molar-refractivity contribution in [2.75, 3.05) is 18.1 Å². The molecule has 1 amide bonds. The Morgan fingerprint density at radius 1 is 1.41 bits per heavy atom. The molecule has 1 fully saturated rings. The molecule has 1 aliphatic rings. The van der Waals surface area contributed by atoms with Gasteiger partial charge in [0, 0.05) is 18.3 Å². The maximum absolute atomic E-state index is 12.2. The second-order valence-corrected chi connectivity index (χ2v) is 4.42. The number of hydrogen-bond donors (Lipinski definition) is 2. The summed E-state index contributed by atoms with van der Waals surface area (Å²) < 4.78 is 0. The summed E-state index contributed by atoms with van der Waals surface area (Å²) in [6.45, 7) is 2.56. The van der Waals surface area contributed by atoms with Crippen molar-refractivity contribution in [3.63, 3.8) is 0 Å². The summed E-state index contributed by atoms with van der Waals surface area (Å²) in [6, 6.07) is 9.34. The van der Waals surface area contributed by atoms with Gasteiger partial charge in [0.1, 0.15) is 6.04 Å². The van der Waals surface area contributed by atoms with E-state index >= 15 is 0 Å². The number of amides is 1. The molecule has 1 aromatic rings. The Morgan fingerprint density at radius 2 is 2.12 bits per heavy atom. The molecular formula is C13H18N2O2. The minimum atomic E-state index is -0.493. The zero-order valence-corrected chi connectivity index (χ0v) is 9.97. The van der Waals surface area contributed by atoms with Crippen LogP contribution in [0, 0.1) is 0 Å². The summed E-state index contributed by atoms with van der Waals surface area (Å²) in [4.78, 5) is 14.0. The van der Waals surface area contributed by atoms with E-state index in [2.05, 4.69) is 5.32 Å². The Hall–Kier alpha value is -1.39. The van der Waals surface area contributed by atoms with Gasteiger partial charge in [0.15, 0.2) is 0 Å². The maximum Gasteiger partial charge on any atom is 0.246 e. The number of hydrogen-bond acceptors (Lipinski definition) is 3. The largest absolute Gasteiger partial charge is 0.394 e. The lowest BCUT2D eigenvalue weighted by atomic mass is 10.2. The average molecular weight is 234 g/mol. The molecule has 0 aromatic heterocycles. The van der Waals surface area contributed by atoms with Gasteiger partial charge in [0.25, 0.3) is 0 Å². The highest BCUT2D eigenvalue weighted by molar-refractivity contribution is 5.97. The molecular weight excluding hydrogens is 216 g/mol. The summed E-state index contributed by atoms with van der Waals surface area (Å²) in [5.74, 6) is -0.0527. The van der Waals surface area contributed by atoms with Crippen molar-refractivity contribution in [1.82, 2.24) is 5.32 Å². The number of carbonyl (C=O) groups is 1. The van der Waals surface area contributed by atoms with Crippen LogP contribution in [0.5, 0.6) is 0 Å². The van der Waals surface area contributed by atoms with E-state index in [-0.39, 0.29) is 18.6 Å². The molecule has 0 bridgehead atoms. The predicted octanol–water partition coefficient (Wildman–Crippen LogP) is 0.762. The summed E-state index contributed by atoms with van der Waals surface area (Å²) in [5, 5.41) is 12.4. The van der Waals surface area contributed by atoms with Crippen LogP contribution in [0.3, 0.4) is 0 Å². The highest BCUT2D eigenvalue weighted by Gasteiger charge is 2.29. The standard InChI is InChI=1S/C13H18N2O2/c1-10-7-8-15(11-5-3-2-4-6-11)13(17)12(9-16)14-10/h2-6,10,12,14,16H,7-9H2,1H3. The van der Waals surface area contributed by atoms with Gasteiger partial charge in [0.05, 0.1) is 6.61 Å². The van der Waals surface area contributed by atoms with Crippen LogP contribution in [-0.2, 0) is 4.79 Å². The molecule has 2 unspecified atom stereocenters. The highest BCUT2D eigenvalue weighted by atomic mass is 16.3. The molecule has 1 saturated heterocycles. The van der Waals surface area contributed by atoms with Crippen molar-refractivity contribution >= 4 is 11.6 Å². The highest BCUT2D eigenvalue weighted by Crippen LogP contribution is 2.17.